The molecule has 0 aromatic heterocycles. The van der Waals surface area contributed by atoms with E-state index < -0.39 is 17.9 Å². The summed E-state index contributed by atoms with van der Waals surface area (Å²) in [4.78, 5) is 21.0. The number of aliphatic carboxylic acids is 2. The van der Waals surface area contributed by atoms with Crippen LogP contribution in [0.2, 0.25) is 0 Å². The largest absolute Gasteiger partial charge is 2.00 e. The molecule has 5 heteroatoms. The molecule has 0 saturated carbocycles. The summed E-state index contributed by atoms with van der Waals surface area (Å²) in [5, 5.41) is 17.2. The van der Waals surface area contributed by atoms with Crippen molar-refractivity contribution in [3.05, 3.63) is 0 Å². The van der Waals surface area contributed by atoms with Gasteiger partial charge in [0.25, 0.3) is 0 Å². The predicted molar refractivity (Wildman–Crippen MR) is 55.4 cm³/mol. The summed E-state index contributed by atoms with van der Waals surface area (Å²) in [7, 11) is 0. The van der Waals surface area contributed by atoms with Gasteiger partial charge in [-0.25, -0.2) is 0 Å². The van der Waals surface area contributed by atoms with Crippen LogP contribution in [0.3, 0.4) is 0 Å². The number of carboxylic acid groups (broad SMARTS) is 2. The smallest absolute Gasteiger partial charge is 1.00 e. The van der Waals surface area contributed by atoms with Gasteiger partial charge in [-0.2, -0.15) is 0 Å². The quantitative estimate of drug-likeness (QED) is 0.518. The molecule has 1 unspecified atom stereocenters. The second-order valence-corrected chi connectivity index (χ2v) is 3.36. The molecular formula is C9H18MgO4. The van der Waals surface area contributed by atoms with E-state index in [-0.39, 0.29) is 38.2 Å². The fraction of sp³-hybridized carbons (Fsp3) is 0.778. The van der Waals surface area contributed by atoms with E-state index >= 15 is 0 Å². The molecule has 0 aliphatic rings. The molecule has 0 radical (unpaired) electrons. The Morgan fingerprint density at radius 1 is 1.29 bits per heavy atom. The zero-order chi connectivity index (χ0) is 10.4. The summed E-state index contributed by atoms with van der Waals surface area (Å²) in [6.07, 6.45) is 2.04. The monoisotopic (exact) mass is 214 g/mol. The molecule has 0 rings (SSSR count). The molecular weight excluding hydrogens is 196 g/mol. The third-order valence-corrected chi connectivity index (χ3v) is 2.02. The van der Waals surface area contributed by atoms with Crippen LogP contribution in [0.5, 0.6) is 0 Å². The number of rotatable bonds is 6. The number of hydrogen-bond acceptors (Lipinski definition) is 2. The Kier molecular flexibility index (Phi) is 9.29. The fourth-order valence-electron chi connectivity index (χ4n) is 1.32. The maximum absolute atomic E-state index is 10.5. The molecule has 0 aromatic rings. The van der Waals surface area contributed by atoms with Gasteiger partial charge in [0.15, 0.2) is 5.92 Å². The van der Waals surface area contributed by atoms with Crippen molar-refractivity contribution in [3.63, 3.8) is 0 Å². The van der Waals surface area contributed by atoms with Gasteiger partial charge in [-0.1, -0.05) is 26.7 Å². The number of carbonyl (C=O) groups is 2. The molecule has 0 spiro atoms. The summed E-state index contributed by atoms with van der Waals surface area (Å²) < 4.78 is 0. The van der Waals surface area contributed by atoms with Crippen molar-refractivity contribution < 1.29 is 22.7 Å². The Hall–Kier alpha value is -0.294. The van der Waals surface area contributed by atoms with Gasteiger partial charge < -0.3 is 13.1 Å². The van der Waals surface area contributed by atoms with E-state index in [0.29, 0.717) is 0 Å². The molecule has 0 saturated heterocycles. The number of carboxylic acids is 2. The average Bonchev–Trinajstić information content (AvgIpc) is 1.99. The van der Waals surface area contributed by atoms with Crippen LogP contribution in [0.25, 0.3) is 0 Å². The number of hydrogen-bond donors (Lipinski definition) is 2. The summed E-state index contributed by atoms with van der Waals surface area (Å²) in [6, 6.07) is 0. The molecule has 0 aliphatic heterocycles. The molecule has 1 atom stereocenters. The van der Waals surface area contributed by atoms with Gasteiger partial charge in [-0.3, -0.25) is 9.59 Å². The van der Waals surface area contributed by atoms with Crippen LogP contribution in [0.15, 0.2) is 0 Å². The maximum Gasteiger partial charge on any atom is 2.00 e. The van der Waals surface area contributed by atoms with E-state index in [2.05, 4.69) is 0 Å². The standard InChI is InChI=1S/C9H16O4.Mg.2H/c1-3-4-6(2)5-7(8(10)11)9(12)13;;;/h6-7H,3-5H2,1-2H3,(H,10,11)(H,12,13);;;/q;+2;2*-1. The molecule has 14 heavy (non-hydrogen) atoms. The van der Waals surface area contributed by atoms with Gasteiger partial charge in [-0.05, 0) is 12.3 Å². The fourth-order valence-corrected chi connectivity index (χ4v) is 1.32. The van der Waals surface area contributed by atoms with Gasteiger partial charge in [0, 0.05) is 0 Å². The van der Waals surface area contributed by atoms with Crippen molar-refractivity contribution in [3.8, 4) is 0 Å². The van der Waals surface area contributed by atoms with Crippen molar-refractivity contribution in [2.75, 3.05) is 0 Å². The summed E-state index contributed by atoms with van der Waals surface area (Å²) in [5.41, 5.74) is 0. The topological polar surface area (TPSA) is 74.6 Å². The van der Waals surface area contributed by atoms with Crippen LogP contribution in [0.4, 0.5) is 0 Å². The first kappa shape index (κ1) is 16.1. The summed E-state index contributed by atoms with van der Waals surface area (Å²) in [6.45, 7) is 3.87. The zero-order valence-electron chi connectivity index (χ0n) is 10.7. The normalized spacial score (nSPS) is 11.9. The van der Waals surface area contributed by atoms with Crippen molar-refractivity contribution in [1.82, 2.24) is 0 Å². The molecule has 2 N–H and O–H groups in total. The predicted octanol–water partition coefficient (Wildman–Crippen LogP) is 1.44. The van der Waals surface area contributed by atoms with E-state index in [0.717, 1.165) is 12.8 Å². The third kappa shape index (κ3) is 6.20. The van der Waals surface area contributed by atoms with E-state index in [1.54, 1.807) is 0 Å². The van der Waals surface area contributed by atoms with E-state index in [4.69, 9.17) is 10.2 Å². The minimum Gasteiger partial charge on any atom is -1.00 e. The molecule has 0 aliphatic carbocycles. The van der Waals surface area contributed by atoms with Gasteiger partial charge in [0.1, 0.15) is 0 Å². The molecule has 0 heterocycles. The molecule has 80 valence electrons. The van der Waals surface area contributed by atoms with Gasteiger partial charge >= 0.3 is 35.0 Å². The summed E-state index contributed by atoms with van der Waals surface area (Å²) in [5.74, 6) is -3.57. The first-order valence-corrected chi connectivity index (χ1v) is 4.44. The molecule has 4 nitrogen and oxygen atoms in total. The Bertz CT molecular complexity index is 188. The second kappa shape index (κ2) is 8.05. The van der Waals surface area contributed by atoms with E-state index in [1.807, 2.05) is 13.8 Å². The van der Waals surface area contributed by atoms with Crippen LogP contribution in [0, 0.1) is 11.8 Å². The Morgan fingerprint density at radius 2 is 1.71 bits per heavy atom. The minimum absolute atomic E-state index is 0. The first-order valence-electron chi connectivity index (χ1n) is 4.44. The van der Waals surface area contributed by atoms with Gasteiger partial charge in [0.05, 0.1) is 0 Å². The SMILES string of the molecule is CCCC(C)CC(C(=O)O)C(=O)O.[H-].[H-].[Mg+2]. The first-order chi connectivity index (χ1) is 5.99. The van der Waals surface area contributed by atoms with Crippen LogP contribution in [-0.4, -0.2) is 45.2 Å². The summed E-state index contributed by atoms with van der Waals surface area (Å²) >= 11 is 0. The third-order valence-electron chi connectivity index (χ3n) is 2.02. The van der Waals surface area contributed by atoms with Gasteiger partial charge in [0.2, 0.25) is 0 Å². The molecule has 0 fully saturated rings. The van der Waals surface area contributed by atoms with Crippen molar-refractivity contribution in [2.45, 2.75) is 33.1 Å². The van der Waals surface area contributed by atoms with Crippen molar-refractivity contribution >= 4 is 35.0 Å². The van der Waals surface area contributed by atoms with E-state index in [9.17, 15) is 9.59 Å². The van der Waals surface area contributed by atoms with Crippen LogP contribution >= 0.6 is 0 Å². The maximum atomic E-state index is 10.5. The average molecular weight is 215 g/mol. The molecule has 0 aromatic carbocycles. The Balaban J connectivity index is -0.000000240. The minimum atomic E-state index is -1.25. The van der Waals surface area contributed by atoms with Gasteiger partial charge in [-0.15, -0.1) is 0 Å². The zero-order valence-corrected chi connectivity index (χ0v) is 10.1. The van der Waals surface area contributed by atoms with Crippen molar-refractivity contribution in [1.29, 1.82) is 0 Å². The van der Waals surface area contributed by atoms with Crippen LogP contribution < -0.4 is 0 Å². The van der Waals surface area contributed by atoms with Crippen LogP contribution in [-0.2, 0) is 9.59 Å². The Morgan fingerprint density at radius 3 is 2.00 bits per heavy atom. The van der Waals surface area contributed by atoms with Crippen LogP contribution in [0.1, 0.15) is 36.0 Å². The van der Waals surface area contributed by atoms with E-state index in [1.165, 1.54) is 0 Å². The molecule has 0 amide bonds. The Labute approximate surface area is 103 Å². The second-order valence-electron chi connectivity index (χ2n) is 3.36. The van der Waals surface area contributed by atoms with Crippen molar-refractivity contribution in [2.24, 2.45) is 11.8 Å². The molecule has 0 bridgehead atoms.